The number of methoxy groups -OCH3 is 2. The fraction of sp³-hybridized carbons (Fsp3) is 0.545. The number of benzene rings is 1. The maximum absolute atomic E-state index is 12.8. The number of ether oxygens (including phenoxy) is 2. The molecule has 6 nitrogen and oxygen atoms in total. The highest BCUT2D eigenvalue weighted by Crippen LogP contribution is 2.36. The lowest BCUT2D eigenvalue weighted by Crippen LogP contribution is -2.51. The highest BCUT2D eigenvalue weighted by atomic mass is 35.5. The van der Waals surface area contributed by atoms with Crippen LogP contribution in [0.1, 0.15) is 42.6 Å². The number of halogens is 1. The van der Waals surface area contributed by atoms with Crippen molar-refractivity contribution in [2.45, 2.75) is 39.2 Å². The summed E-state index contributed by atoms with van der Waals surface area (Å²) in [6, 6.07) is 4.12. The Morgan fingerprint density at radius 2 is 1.66 bits per heavy atom. The van der Waals surface area contributed by atoms with Crippen molar-refractivity contribution in [3.63, 3.8) is 0 Å². The lowest BCUT2D eigenvalue weighted by molar-refractivity contribution is -0.128. The Hall–Kier alpha value is -2.05. The van der Waals surface area contributed by atoms with Gasteiger partial charge in [0.25, 0.3) is 0 Å². The Bertz CT molecular complexity index is 781. The molecule has 0 aromatic heterocycles. The van der Waals surface area contributed by atoms with E-state index in [1.54, 1.807) is 20.3 Å². The molecule has 0 radical (unpaired) electrons. The van der Waals surface area contributed by atoms with Gasteiger partial charge >= 0.3 is 0 Å². The Morgan fingerprint density at radius 3 is 2.21 bits per heavy atom. The number of piperazine rings is 1. The molecule has 0 spiro atoms. The van der Waals surface area contributed by atoms with Gasteiger partial charge in [0.1, 0.15) is 0 Å². The summed E-state index contributed by atoms with van der Waals surface area (Å²) in [5, 5.41) is 0. The van der Waals surface area contributed by atoms with Crippen LogP contribution in [0, 0.1) is 0 Å². The largest absolute Gasteiger partial charge is 0.493 e. The normalized spacial score (nSPS) is 18.0. The van der Waals surface area contributed by atoms with Crippen molar-refractivity contribution in [1.82, 2.24) is 9.80 Å². The van der Waals surface area contributed by atoms with Crippen molar-refractivity contribution >= 4 is 24.1 Å². The first kappa shape index (κ1) is 23.2. The number of allylic oxidation sites excluding steroid dienone is 1. The van der Waals surface area contributed by atoms with E-state index >= 15 is 0 Å². The summed E-state index contributed by atoms with van der Waals surface area (Å²) in [4.78, 5) is 29.8. The second kappa shape index (κ2) is 10.1. The predicted molar refractivity (Wildman–Crippen MR) is 115 cm³/mol. The van der Waals surface area contributed by atoms with E-state index in [9.17, 15) is 9.59 Å². The summed E-state index contributed by atoms with van der Waals surface area (Å²) in [7, 11) is 3.12. The Balaban J connectivity index is 0.00000300. The zero-order valence-corrected chi connectivity index (χ0v) is 18.5. The minimum Gasteiger partial charge on any atom is -0.493 e. The molecule has 1 heterocycles. The molecule has 1 amide bonds. The fourth-order valence-electron chi connectivity index (χ4n) is 4.21. The van der Waals surface area contributed by atoms with Gasteiger partial charge in [-0.15, -0.1) is 12.4 Å². The second-order valence-electron chi connectivity index (χ2n) is 7.37. The zero-order chi connectivity index (χ0) is 20.3. The molecular weight excluding hydrogens is 392 g/mol. The number of rotatable bonds is 6. The molecule has 29 heavy (non-hydrogen) atoms. The van der Waals surface area contributed by atoms with E-state index in [2.05, 4.69) is 18.7 Å². The van der Waals surface area contributed by atoms with Crippen LogP contribution in [-0.2, 0) is 11.2 Å². The molecule has 0 saturated carbocycles. The summed E-state index contributed by atoms with van der Waals surface area (Å²) in [5.74, 6) is 0.957. The average Bonchev–Trinajstić information content (AvgIpc) is 3.02. The smallest absolute Gasteiger partial charge is 0.247 e. The highest BCUT2D eigenvalue weighted by molar-refractivity contribution is 6.16. The zero-order valence-electron chi connectivity index (χ0n) is 17.7. The first-order valence-electron chi connectivity index (χ1n) is 10.0. The van der Waals surface area contributed by atoms with E-state index < -0.39 is 0 Å². The number of hydrogen-bond acceptors (Lipinski definition) is 5. The van der Waals surface area contributed by atoms with Crippen LogP contribution < -0.4 is 9.47 Å². The van der Waals surface area contributed by atoms with Crippen molar-refractivity contribution in [3.05, 3.63) is 34.9 Å². The lowest BCUT2D eigenvalue weighted by Gasteiger charge is -2.38. The summed E-state index contributed by atoms with van der Waals surface area (Å²) in [5.41, 5.74) is 2.01. The van der Waals surface area contributed by atoms with Crippen LogP contribution in [0.5, 0.6) is 11.5 Å². The van der Waals surface area contributed by atoms with Gasteiger partial charge in [0, 0.05) is 55.9 Å². The van der Waals surface area contributed by atoms with Gasteiger partial charge < -0.3 is 14.4 Å². The van der Waals surface area contributed by atoms with E-state index in [-0.39, 0.29) is 24.1 Å². The van der Waals surface area contributed by atoms with Gasteiger partial charge in [-0.2, -0.15) is 0 Å². The van der Waals surface area contributed by atoms with Crippen LogP contribution in [0.25, 0.3) is 0 Å². The van der Waals surface area contributed by atoms with Crippen molar-refractivity contribution in [2.24, 2.45) is 0 Å². The molecule has 1 aromatic carbocycles. The summed E-state index contributed by atoms with van der Waals surface area (Å²) in [6.45, 7) is 7.63. The second-order valence-corrected chi connectivity index (χ2v) is 7.37. The molecule has 160 valence electrons. The van der Waals surface area contributed by atoms with Crippen molar-refractivity contribution in [1.29, 1.82) is 0 Å². The Labute approximate surface area is 179 Å². The van der Waals surface area contributed by atoms with Crippen LogP contribution >= 0.6 is 12.4 Å². The average molecular weight is 423 g/mol. The van der Waals surface area contributed by atoms with Gasteiger partial charge in [-0.05, 0) is 30.5 Å². The number of nitrogens with zero attached hydrogens (tertiary/aromatic N) is 2. The number of Topliss-reactive ketones (excluding diaryl/α,β-unsaturated/α-hetero) is 1. The lowest BCUT2D eigenvalue weighted by atomic mass is 10.1. The van der Waals surface area contributed by atoms with Gasteiger partial charge in [0.05, 0.1) is 14.2 Å². The van der Waals surface area contributed by atoms with Crippen molar-refractivity contribution < 1.29 is 19.1 Å². The molecule has 0 bridgehead atoms. The molecule has 1 aromatic rings. The summed E-state index contributed by atoms with van der Waals surface area (Å²) < 4.78 is 10.6. The SMILES string of the molecule is CCC(CC)N1CCN(C(=O)/C=C2/Cc3cc(OC)c(OC)cc3C2=O)CC1.Cl. The number of amides is 1. The monoisotopic (exact) mass is 422 g/mol. The molecule has 1 saturated heterocycles. The third kappa shape index (κ3) is 4.75. The molecule has 0 atom stereocenters. The van der Waals surface area contributed by atoms with Crippen LogP contribution in [0.3, 0.4) is 0 Å². The van der Waals surface area contributed by atoms with Gasteiger partial charge in [-0.25, -0.2) is 0 Å². The van der Waals surface area contributed by atoms with Gasteiger partial charge in [-0.3, -0.25) is 14.5 Å². The number of carbonyl (C=O) groups excluding carboxylic acids is 2. The molecule has 3 rings (SSSR count). The topological polar surface area (TPSA) is 59.1 Å². The van der Waals surface area contributed by atoms with Crippen molar-refractivity contribution in [3.8, 4) is 11.5 Å². The van der Waals surface area contributed by atoms with E-state index in [0.29, 0.717) is 48.2 Å². The van der Waals surface area contributed by atoms with Gasteiger partial charge in [0.15, 0.2) is 17.3 Å². The minimum absolute atomic E-state index is 0. The highest BCUT2D eigenvalue weighted by Gasteiger charge is 2.29. The van der Waals surface area contributed by atoms with E-state index in [1.807, 2.05) is 11.0 Å². The van der Waals surface area contributed by atoms with Crippen LogP contribution in [0.15, 0.2) is 23.8 Å². The van der Waals surface area contributed by atoms with E-state index in [1.165, 1.54) is 6.08 Å². The molecule has 0 unspecified atom stereocenters. The predicted octanol–water partition coefficient (Wildman–Crippen LogP) is 3.12. The Morgan fingerprint density at radius 1 is 1.07 bits per heavy atom. The number of hydrogen-bond donors (Lipinski definition) is 0. The van der Waals surface area contributed by atoms with E-state index in [0.717, 1.165) is 31.5 Å². The maximum Gasteiger partial charge on any atom is 0.247 e. The van der Waals surface area contributed by atoms with Gasteiger partial charge in [0.2, 0.25) is 5.91 Å². The molecular formula is C22H31ClN2O4. The molecule has 0 N–H and O–H groups in total. The molecule has 2 aliphatic rings. The number of carbonyl (C=O) groups is 2. The number of fused-ring (bicyclic) bond motifs is 1. The Kier molecular flexibility index (Phi) is 8.11. The summed E-state index contributed by atoms with van der Waals surface area (Å²) in [6.07, 6.45) is 4.24. The first-order chi connectivity index (χ1) is 13.5. The van der Waals surface area contributed by atoms with Crippen LogP contribution in [0.2, 0.25) is 0 Å². The standard InChI is InChI=1S/C22H30N2O4.ClH/c1-5-17(6-2)23-7-9-24(10-8-23)21(25)13-16-11-15-12-19(27-3)20(28-4)14-18(15)22(16)26;/h12-14,17H,5-11H2,1-4H3;1H/b16-13-;. The minimum atomic E-state index is -0.0973. The molecule has 1 fully saturated rings. The third-order valence-electron chi connectivity index (χ3n) is 5.91. The molecule has 1 aliphatic heterocycles. The quantitative estimate of drug-likeness (QED) is 0.659. The van der Waals surface area contributed by atoms with Crippen LogP contribution in [-0.4, -0.2) is 67.9 Å². The van der Waals surface area contributed by atoms with Crippen LogP contribution in [0.4, 0.5) is 0 Å². The molecule has 1 aliphatic carbocycles. The van der Waals surface area contributed by atoms with Gasteiger partial charge in [-0.1, -0.05) is 13.8 Å². The molecule has 7 heteroatoms. The fourth-order valence-corrected chi connectivity index (χ4v) is 4.21. The third-order valence-corrected chi connectivity index (χ3v) is 5.91. The number of ketones is 1. The first-order valence-corrected chi connectivity index (χ1v) is 10.0. The maximum atomic E-state index is 12.8. The summed E-state index contributed by atoms with van der Waals surface area (Å²) >= 11 is 0. The van der Waals surface area contributed by atoms with E-state index in [4.69, 9.17) is 9.47 Å². The van der Waals surface area contributed by atoms with Crippen molar-refractivity contribution in [2.75, 3.05) is 40.4 Å².